The fourth-order valence-electron chi connectivity index (χ4n) is 2.02. The van der Waals surface area contributed by atoms with Crippen molar-refractivity contribution in [2.75, 3.05) is 17.3 Å². The number of aryl methyl sites for hydroxylation is 1. The highest BCUT2D eigenvalue weighted by Gasteiger charge is 2.14. The van der Waals surface area contributed by atoms with Gasteiger partial charge in [0.2, 0.25) is 5.91 Å². The zero-order valence-corrected chi connectivity index (χ0v) is 12.5. The van der Waals surface area contributed by atoms with Crippen molar-refractivity contribution >= 4 is 34.3 Å². The SMILES string of the molecule is CSCC[C@H](N)C(=O)Nc1ccc(C)c2ncccc12. The quantitative estimate of drug-likeness (QED) is 0.887. The number of hydrogen-bond acceptors (Lipinski definition) is 4. The number of anilines is 1. The predicted octanol–water partition coefficient (Wildman–Crippen LogP) is 2.56. The number of fused-ring (bicyclic) bond motifs is 1. The Balaban J connectivity index is 2.22. The molecule has 1 aromatic heterocycles. The number of nitrogens with two attached hydrogens (primary N) is 1. The topological polar surface area (TPSA) is 68.0 Å². The van der Waals surface area contributed by atoms with E-state index in [1.165, 1.54) is 0 Å². The highest BCUT2D eigenvalue weighted by atomic mass is 32.2. The monoisotopic (exact) mass is 289 g/mol. The molecule has 1 aromatic carbocycles. The van der Waals surface area contributed by atoms with Crippen molar-refractivity contribution in [2.24, 2.45) is 5.73 Å². The minimum Gasteiger partial charge on any atom is -0.324 e. The zero-order valence-electron chi connectivity index (χ0n) is 11.7. The van der Waals surface area contributed by atoms with Gasteiger partial charge in [0.1, 0.15) is 0 Å². The Morgan fingerprint density at radius 3 is 3.00 bits per heavy atom. The molecule has 0 aliphatic rings. The lowest BCUT2D eigenvalue weighted by atomic mass is 10.1. The smallest absolute Gasteiger partial charge is 0.241 e. The first-order valence-corrected chi connectivity index (χ1v) is 7.92. The maximum absolute atomic E-state index is 12.1. The molecule has 0 unspecified atom stereocenters. The number of amides is 1. The molecule has 2 aromatic rings. The number of carbonyl (C=O) groups excluding carboxylic acids is 1. The van der Waals surface area contributed by atoms with Crippen LogP contribution >= 0.6 is 11.8 Å². The van der Waals surface area contributed by atoms with Crippen LogP contribution in [0.3, 0.4) is 0 Å². The van der Waals surface area contributed by atoms with Crippen LogP contribution in [0.4, 0.5) is 5.69 Å². The number of rotatable bonds is 5. The van der Waals surface area contributed by atoms with E-state index in [0.29, 0.717) is 6.42 Å². The Morgan fingerprint density at radius 1 is 1.45 bits per heavy atom. The molecule has 0 fully saturated rings. The second-order valence-corrected chi connectivity index (χ2v) is 5.69. The molecule has 0 bridgehead atoms. The third-order valence-corrected chi connectivity index (χ3v) is 3.84. The number of thioether (sulfide) groups is 1. The minimum atomic E-state index is -0.476. The molecule has 5 heteroatoms. The van der Waals surface area contributed by atoms with Crippen LogP contribution in [-0.4, -0.2) is 28.9 Å². The van der Waals surface area contributed by atoms with Crippen molar-refractivity contribution in [1.82, 2.24) is 4.98 Å². The second kappa shape index (κ2) is 6.72. The van der Waals surface area contributed by atoms with E-state index >= 15 is 0 Å². The summed E-state index contributed by atoms with van der Waals surface area (Å²) in [6.45, 7) is 2.01. The zero-order chi connectivity index (χ0) is 14.5. The molecule has 106 valence electrons. The van der Waals surface area contributed by atoms with Gasteiger partial charge in [0.15, 0.2) is 0 Å². The van der Waals surface area contributed by atoms with Gasteiger partial charge in [-0.15, -0.1) is 0 Å². The Labute approximate surface area is 123 Å². The third-order valence-electron chi connectivity index (χ3n) is 3.20. The normalized spacial score (nSPS) is 12.3. The molecule has 3 N–H and O–H groups in total. The number of pyridine rings is 1. The van der Waals surface area contributed by atoms with Gasteiger partial charge in [-0.3, -0.25) is 9.78 Å². The summed E-state index contributed by atoms with van der Waals surface area (Å²) in [7, 11) is 0. The second-order valence-electron chi connectivity index (χ2n) is 4.71. The number of hydrogen-bond donors (Lipinski definition) is 2. The van der Waals surface area contributed by atoms with Gasteiger partial charge in [-0.05, 0) is 49.1 Å². The van der Waals surface area contributed by atoms with E-state index in [4.69, 9.17) is 5.73 Å². The average molecular weight is 289 g/mol. The van der Waals surface area contributed by atoms with Crippen molar-refractivity contribution in [1.29, 1.82) is 0 Å². The molecule has 0 saturated carbocycles. The van der Waals surface area contributed by atoms with Crippen molar-refractivity contribution < 1.29 is 4.79 Å². The summed E-state index contributed by atoms with van der Waals surface area (Å²) < 4.78 is 0. The Bertz CT molecular complexity index is 615. The van der Waals surface area contributed by atoms with E-state index < -0.39 is 6.04 Å². The molecular formula is C15H19N3OS. The average Bonchev–Trinajstić information content (AvgIpc) is 2.47. The van der Waals surface area contributed by atoms with Crippen LogP contribution in [0.15, 0.2) is 30.5 Å². The fraction of sp³-hybridized carbons (Fsp3) is 0.333. The highest BCUT2D eigenvalue weighted by molar-refractivity contribution is 7.98. The lowest BCUT2D eigenvalue weighted by Crippen LogP contribution is -2.36. The van der Waals surface area contributed by atoms with Crippen LogP contribution in [0.5, 0.6) is 0 Å². The Kier molecular flexibility index (Phi) is 4.98. The summed E-state index contributed by atoms with van der Waals surface area (Å²) in [6, 6.07) is 7.20. The molecule has 20 heavy (non-hydrogen) atoms. The van der Waals surface area contributed by atoms with E-state index in [9.17, 15) is 4.79 Å². The summed E-state index contributed by atoms with van der Waals surface area (Å²) in [4.78, 5) is 16.4. The molecule has 0 aliphatic heterocycles. The molecule has 1 amide bonds. The van der Waals surface area contributed by atoms with Crippen LogP contribution in [0.1, 0.15) is 12.0 Å². The maximum atomic E-state index is 12.1. The lowest BCUT2D eigenvalue weighted by molar-refractivity contribution is -0.117. The molecular weight excluding hydrogens is 270 g/mol. The van der Waals surface area contributed by atoms with Crippen LogP contribution in [0.2, 0.25) is 0 Å². The minimum absolute atomic E-state index is 0.145. The van der Waals surface area contributed by atoms with Gasteiger partial charge in [0.05, 0.1) is 17.2 Å². The highest BCUT2D eigenvalue weighted by Crippen LogP contribution is 2.24. The van der Waals surface area contributed by atoms with Crippen molar-refractivity contribution in [2.45, 2.75) is 19.4 Å². The number of aromatic nitrogens is 1. The van der Waals surface area contributed by atoms with Crippen LogP contribution < -0.4 is 11.1 Å². The molecule has 0 radical (unpaired) electrons. The molecule has 1 atom stereocenters. The van der Waals surface area contributed by atoms with Gasteiger partial charge >= 0.3 is 0 Å². The van der Waals surface area contributed by atoms with Crippen molar-refractivity contribution in [3.05, 3.63) is 36.0 Å². The molecule has 1 heterocycles. The van der Waals surface area contributed by atoms with E-state index in [-0.39, 0.29) is 5.91 Å². The standard InChI is InChI=1S/C15H19N3OS/c1-10-5-6-13(11-4-3-8-17-14(10)11)18-15(19)12(16)7-9-20-2/h3-6,8,12H,7,9,16H2,1-2H3,(H,18,19)/t12-/m0/s1. The fourth-order valence-corrected chi connectivity index (χ4v) is 2.51. The lowest BCUT2D eigenvalue weighted by Gasteiger charge is -2.13. The first-order chi connectivity index (χ1) is 9.63. The van der Waals surface area contributed by atoms with Crippen molar-refractivity contribution in [3.8, 4) is 0 Å². The number of nitrogens with one attached hydrogen (secondary N) is 1. The van der Waals surface area contributed by atoms with Gasteiger partial charge in [0, 0.05) is 11.6 Å². The number of carbonyl (C=O) groups is 1. The first kappa shape index (κ1) is 14.8. The van der Waals surface area contributed by atoms with Gasteiger partial charge in [-0.1, -0.05) is 6.07 Å². The molecule has 0 aliphatic carbocycles. The molecule has 0 spiro atoms. The van der Waals surface area contributed by atoms with Gasteiger partial charge in [-0.25, -0.2) is 0 Å². The molecule has 4 nitrogen and oxygen atoms in total. The molecule has 0 saturated heterocycles. The van der Waals surface area contributed by atoms with E-state index in [2.05, 4.69) is 10.3 Å². The van der Waals surface area contributed by atoms with E-state index in [1.807, 2.05) is 37.4 Å². The first-order valence-electron chi connectivity index (χ1n) is 6.53. The largest absolute Gasteiger partial charge is 0.324 e. The summed E-state index contributed by atoms with van der Waals surface area (Å²) in [6.07, 6.45) is 4.43. The Hall–Kier alpha value is -1.59. The van der Waals surface area contributed by atoms with Gasteiger partial charge in [0.25, 0.3) is 0 Å². The summed E-state index contributed by atoms with van der Waals surface area (Å²) in [5.41, 5.74) is 8.64. The van der Waals surface area contributed by atoms with E-state index in [0.717, 1.165) is 27.9 Å². The third kappa shape index (κ3) is 3.29. The van der Waals surface area contributed by atoms with Crippen LogP contribution in [-0.2, 0) is 4.79 Å². The summed E-state index contributed by atoms with van der Waals surface area (Å²) in [5, 5.41) is 3.85. The molecule has 2 rings (SSSR count). The summed E-state index contributed by atoms with van der Waals surface area (Å²) in [5.74, 6) is 0.734. The van der Waals surface area contributed by atoms with Crippen LogP contribution in [0, 0.1) is 6.92 Å². The summed E-state index contributed by atoms with van der Waals surface area (Å²) >= 11 is 1.69. The van der Waals surface area contributed by atoms with Gasteiger partial charge < -0.3 is 11.1 Å². The number of benzene rings is 1. The maximum Gasteiger partial charge on any atom is 0.241 e. The van der Waals surface area contributed by atoms with E-state index in [1.54, 1.807) is 18.0 Å². The van der Waals surface area contributed by atoms with Crippen molar-refractivity contribution in [3.63, 3.8) is 0 Å². The Morgan fingerprint density at radius 2 is 2.25 bits per heavy atom. The van der Waals surface area contributed by atoms with Gasteiger partial charge in [-0.2, -0.15) is 11.8 Å². The predicted molar refractivity (Wildman–Crippen MR) is 86.1 cm³/mol. The number of nitrogens with zero attached hydrogens (tertiary/aromatic N) is 1. The van der Waals surface area contributed by atoms with Crippen LogP contribution in [0.25, 0.3) is 10.9 Å².